The Morgan fingerprint density at radius 1 is 1.14 bits per heavy atom. The zero-order chi connectivity index (χ0) is 15.6. The lowest BCUT2D eigenvalue weighted by Crippen LogP contribution is -2.15. The molecule has 0 unspecified atom stereocenters. The van der Waals surface area contributed by atoms with Gasteiger partial charge in [-0.15, -0.1) is 0 Å². The van der Waals surface area contributed by atoms with Gasteiger partial charge in [-0.3, -0.25) is 4.72 Å². The van der Waals surface area contributed by atoms with Gasteiger partial charge in [-0.25, -0.2) is 9.78 Å². The van der Waals surface area contributed by atoms with Crippen molar-refractivity contribution in [2.75, 3.05) is 4.72 Å². The Hall–Kier alpha value is -1.83. The molecule has 2 rings (SSSR count). The van der Waals surface area contributed by atoms with Crippen LogP contribution in [0.5, 0.6) is 0 Å². The lowest BCUT2D eigenvalue weighted by Gasteiger charge is -2.10. The molecule has 0 saturated carbocycles. The van der Waals surface area contributed by atoms with Crippen molar-refractivity contribution in [2.45, 2.75) is 5.03 Å². The highest BCUT2D eigenvalue weighted by Crippen LogP contribution is 2.31. The van der Waals surface area contributed by atoms with Crippen LogP contribution in [0.1, 0.15) is 10.4 Å². The molecule has 0 bridgehead atoms. The summed E-state index contributed by atoms with van der Waals surface area (Å²) in [4.78, 5) is 14.3. The van der Waals surface area contributed by atoms with Crippen LogP contribution in [0.25, 0.3) is 0 Å². The van der Waals surface area contributed by atoms with Crippen molar-refractivity contribution in [3.8, 4) is 0 Å². The van der Waals surface area contributed by atoms with Gasteiger partial charge in [0.05, 0.1) is 21.3 Å². The quantitative estimate of drug-likeness (QED) is 0.887. The molecule has 1 aromatic carbocycles. The molecule has 0 spiro atoms. The summed E-state index contributed by atoms with van der Waals surface area (Å²) in [5.74, 6) is -1.20. The van der Waals surface area contributed by atoms with Gasteiger partial charge >= 0.3 is 5.97 Å². The molecule has 0 atom stereocenters. The number of hydrogen-bond acceptors (Lipinski definition) is 4. The molecule has 1 aromatic heterocycles. The van der Waals surface area contributed by atoms with E-state index in [1.165, 1.54) is 12.1 Å². The molecule has 0 aliphatic carbocycles. The summed E-state index contributed by atoms with van der Waals surface area (Å²) in [5, 5.41) is 8.67. The molecule has 0 aliphatic rings. The lowest BCUT2D eigenvalue weighted by atomic mass is 10.3. The molecular weight excluding hydrogens is 339 g/mol. The number of aromatic nitrogens is 1. The first-order valence-electron chi connectivity index (χ1n) is 5.47. The van der Waals surface area contributed by atoms with Gasteiger partial charge in [-0.2, -0.15) is 8.42 Å². The predicted octanol–water partition coefficient (Wildman–Crippen LogP) is 2.89. The van der Waals surface area contributed by atoms with E-state index in [9.17, 15) is 13.2 Å². The first-order valence-corrected chi connectivity index (χ1v) is 7.71. The van der Waals surface area contributed by atoms with Crippen LogP contribution < -0.4 is 4.72 Å². The Kier molecular flexibility index (Phi) is 4.36. The number of carboxylic acids is 1. The number of benzene rings is 1. The number of carbonyl (C=O) groups is 1. The van der Waals surface area contributed by atoms with E-state index in [0.29, 0.717) is 0 Å². The number of pyridine rings is 1. The average Bonchev–Trinajstić information content (AvgIpc) is 2.43. The maximum Gasteiger partial charge on any atom is 0.337 e. The molecule has 1 heterocycles. The number of hydrogen-bond donors (Lipinski definition) is 2. The van der Waals surface area contributed by atoms with Gasteiger partial charge in [0.1, 0.15) is 0 Å². The van der Waals surface area contributed by atoms with Gasteiger partial charge in [0, 0.05) is 6.20 Å². The third-order valence-corrected chi connectivity index (χ3v) is 4.35. The van der Waals surface area contributed by atoms with Crippen LogP contribution in [0.3, 0.4) is 0 Å². The first-order chi connectivity index (χ1) is 9.81. The van der Waals surface area contributed by atoms with Crippen molar-refractivity contribution >= 4 is 44.9 Å². The number of carboxylic acid groups (broad SMARTS) is 1. The van der Waals surface area contributed by atoms with Crippen molar-refractivity contribution in [1.29, 1.82) is 0 Å². The summed E-state index contributed by atoms with van der Waals surface area (Å²) in [5.41, 5.74) is -0.0883. The number of para-hydroxylation sites is 1. The SMILES string of the molecule is O=C(O)c1ccc(S(=O)(=O)Nc2c(Cl)cccc2Cl)nc1. The fourth-order valence-electron chi connectivity index (χ4n) is 1.45. The second-order valence-electron chi connectivity index (χ2n) is 3.89. The van der Waals surface area contributed by atoms with Gasteiger partial charge < -0.3 is 5.11 Å². The van der Waals surface area contributed by atoms with Crippen LogP contribution in [0, 0.1) is 0 Å². The minimum absolute atomic E-state index is 0.0324. The van der Waals surface area contributed by atoms with E-state index in [2.05, 4.69) is 9.71 Å². The lowest BCUT2D eigenvalue weighted by molar-refractivity contribution is 0.0696. The Labute approximate surface area is 130 Å². The summed E-state index contributed by atoms with van der Waals surface area (Å²) >= 11 is 11.8. The van der Waals surface area contributed by atoms with Crippen molar-refractivity contribution in [3.05, 3.63) is 52.1 Å². The highest BCUT2D eigenvalue weighted by atomic mass is 35.5. The third kappa shape index (κ3) is 3.44. The topological polar surface area (TPSA) is 96.4 Å². The molecule has 0 fully saturated rings. The zero-order valence-electron chi connectivity index (χ0n) is 10.2. The molecular formula is C12H8Cl2N2O4S. The largest absolute Gasteiger partial charge is 0.478 e. The highest BCUT2D eigenvalue weighted by Gasteiger charge is 2.19. The van der Waals surface area contributed by atoms with Crippen LogP contribution >= 0.6 is 23.2 Å². The highest BCUT2D eigenvalue weighted by molar-refractivity contribution is 7.92. The Bertz CT molecular complexity index is 771. The molecule has 2 aromatic rings. The van der Waals surface area contributed by atoms with E-state index in [4.69, 9.17) is 28.3 Å². The van der Waals surface area contributed by atoms with Crippen molar-refractivity contribution < 1.29 is 18.3 Å². The normalized spacial score (nSPS) is 11.1. The smallest absolute Gasteiger partial charge is 0.337 e. The van der Waals surface area contributed by atoms with E-state index in [-0.39, 0.29) is 26.3 Å². The number of sulfonamides is 1. The van der Waals surface area contributed by atoms with Crippen molar-refractivity contribution in [3.63, 3.8) is 0 Å². The van der Waals surface area contributed by atoms with Gasteiger partial charge in [0.2, 0.25) is 0 Å². The van der Waals surface area contributed by atoms with E-state index in [1.54, 1.807) is 6.07 Å². The molecule has 0 radical (unpaired) electrons. The number of nitrogens with zero attached hydrogens (tertiary/aromatic N) is 1. The Morgan fingerprint density at radius 2 is 1.76 bits per heavy atom. The van der Waals surface area contributed by atoms with Gasteiger partial charge in [-0.05, 0) is 24.3 Å². The minimum Gasteiger partial charge on any atom is -0.478 e. The van der Waals surface area contributed by atoms with Crippen LogP contribution in [0.2, 0.25) is 10.0 Å². The summed E-state index contributed by atoms with van der Waals surface area (Å²) in [7, 11) is -4.02. The molecule has 2 N–H and O–H groups in total. The summed E-state index contributed by atoms with van der Waals surface area (Å²) in [6.07, 6.45) is 0.950. The molecule has 21 heavy (non-hydrogen) atoms. The van der Waals surface area contributed by atoms with Crippen molar-refractivity contribution in [2.24, 2.45) is 0 Å². The fraction of sp³-hybridized carbons (Fsp3) is 0. The molecule has 0 saturated heterocycles. The molecule has 0 amide bonds. The van der Waals surface area contributed by atoms with Crippen LogP contribution in [-0.4, -0.2) is 24.5 Å². The number of rotatable bonds is 4. The van der Waals surface area contributed by atoms with E-state index >= 15 is 0 Å². The van der Waals surface area contributed by atoms with E-state index in [0.717, 1.165) is 18.3 Å². The summed E-state index contributed by atoms with van der Waals surface area (Å²) < 4.78 is 26.5. The minimum atomic E-state index is -4.02. The molecule has 6 nitrogen and oxygen atoms in total. The van der Waals surface area contributed by atoms with Gasteiger partial charge in [-0.1, -0.05) is 29.3 Å². The third-order valence-electron chi connectivity index (χ3n) is 2.46. The number of aromatic carboxylic acids is 1. The number of halogens is 2. The molecule has 9 heteroatoms. The van der Waals surface area contributed by atoms with Gasteiger partial charge in [0.15, 0.2) is 5.03 Å². The fourth-order valence-corrected chi connectivity index (χ4v) is 3.08. The molecule has 110 valence electrons. The standard InChI is InChI=1S/C12H8Cl2N2O4S/c13-8-2-1-3-9(14)11(8)16-21(19,20)10-5-4-7(6-15-10)12(17)18/h1-6,16H,(H,17,18). The van der Waals surface area contributed by atoms with Crippen molar-refractivity contribution in [1.82, 2.24) is 4.98 Å². The average molecular weight is 347 g/mol. The summed E-state index contributed by atoms with van der Waals surface area (Å²) in [6.45, 7) is 0. The number of nitrogens with one attached hydrogen (secondary N) is 1. The monoisotopic (exact) mass is 346 g/mol. The van der Waals surface area contributed by atoms with Crippen LogP contribution in [0.4, 0.5) is 5.69 Å². The second kappa shape index (κ2) is 5.88. The predicted molar refractivity (Wildman–Crippen MR) is 78.5 cm³/mol. The number of anilines is 1. The molecule has 0 aliphatic heterocycles. The maximum absolute atomic E-state index is 12.1. The van der Waals surface area contributed by atoms with E-state index < -0.39 is 16.0 Å². The van der Waals surface area contributed by atoms with Crippen LogP contribution in [0.15, 0.2) is 41.6 Å². The van der Waals surface area contributed by atoms with Gasteiger partial charge in [0.25, 0.3) is 10.0 Å². The van der Waals surface area contributed by atoms with E-state index in [1.807, 2.05) is 0 Å². The first kappa shape index (κ1) is 15.6. The Balaban J connectivity index is 2.36. The maximum atomic E-state index is 12.1. The summed E-state index contributed by atoms with van der Waals surface area (Å²) in [6, 6.07) is 6.75. The van der Waals surface area contributed by atoms with Crippen LogP contribution in [-0.2, 0) is 10.0 Å². The Morgan fingerprint density at radius 3 is 2.24 bits per heavy atom. The zero-order valence-corrected chi connectivity index (χ0v) is 12.6. The second-order valence-corrected chi connectivity index (χ2v) is 6.34.